The van der Waals surface area contributed by atoms with Crippen LogP contribution in [0.15, 0.2) is 89.3 Å². The van der Waals surface area contributed by atoms with Gasteiger partial charge in [0.1, 0.15) is 11.9 Å². The second-order valence-electron chi connectivity index (χ2n) is 7.56. The van der Waals surface area contributed by atoms with Gasteiger partial charge in [0, 0.05) is 16.1 Å². The summed E-state index contributed by atoms with van der Waals surface area (Å²) < 4.78 is 8.84. The standard InChI is InChI=1S/C25H17ClN4OS/c26-18-13-11-17(12-14-18)22-27-24-20(23-28-25(32)29-30(22)23)19(15-7-3-1-4-8-15)21(31-24)16-9-5-2-6-10-16/h1-14,22,27H,(H,29,32)/t22-/m1/s1. The lowest BCUT2D eigenvalue weighted by Crippen LogP contribution is -2.25. The van der Waals surface area contributed by atoms with Crippen molar-refractivity contribution in [3.63, 3.8) is 0 Å². The molecular formula is C25H17ClN4OS. The van der Waals surface area contributed by atoms with E-state index in [4.69, 9.17) is 28.2 Å². The minimum absolute atomic E-state index is 0.266. The topological polar surface area (TPSA) is 58.8 Å². The fourth-order valence-electron chi connectivity index (χ4n) is 4.18. The van der Waals surface area contributed by atoms with E-state index >= 15 is 0 Å². The molecule has 0 aliphatic carbocycles. The number of nitrogens with one attached hydrogen (secondary N) is 2. The summed E-state index contributed by atoms with van der Waals surface area (Å²) >= 11 is 11.5. The van der Waals surface area contributed by atoms with Gasteiger partial charge in [-0.3, -0.25) is 5.10 Å². The number of aromatic nitrogens is 3. The molecule has 1 aliphatic heterocycles. The van der Waals surface area contributed by atoms with E-state index in [1.165, 1.54) is 0 Å². The first-order valence-electron chi connectivity index (χ1n) is 10.2. The molecule has 2 aromatic heterocycles. The van der Waals surface area contributed by atoms with Crippen molar-refractivity contribution in [1.82, 2.24) is 14.8 Å². The first-order valence-corrected chi connectivity index (χ1v) is 11.0. The number of furan rings is 1. The molecule has 0 fully saturated rings. The molecule has 0 spiro atoms. The molecule has 0 bridgehead atoms. The van der Waals surface area contributed by atoms with Crippen LogP contribution in [0.2, 0.25) is 5.02 Å². The number of H-pyrrole nitrogens is 1. The van der Waals surface area contributed by atoms with Crippen LogP contribution in [-0.2, 0) is 0 Å². The van der Waals surface area contributed by atoms with Gasteiger partial charge in [0.05, 0.1) is 5.56 Å². The molecule has 3 heterocycles. The Morgan fingerprint density at radius 3 is 2.19 bits per heavy atom. The second kappa shape index (κ2) is 7.51. The lowest BCUT2D eigenvalue weighted by Gasteiger charge is -2.26. The average molecular weight is 457 g/mol. The Bertz CT molecular complexity index is 1470. The lowest BCUT2D eigenvalue weighted by molar-refractivity contribution is 0.524. The van der Waals surface area contributed by atoms with E-state index in [1.54, 1.807) is 0 Å². The monoisotopic (exact) mass is 456 g/mol. The van der Waals surface area contributed by atoms with Gasteiger partial charge in [0.15, 0.2) is 5.82 Å². The highest BCUT2D eigenvalue weighted by Gasteiger charge is 2.34. The van der Waals surface area contributed by atoms with E-state index < -0.39 is 0 Å². The zero-order chi connectivity index (χ0) is 21.7. The van der Waals surface area contributed by atoms with E-state index in [9.17, 15) is 0 Å². The van der Waals surface area contributed by atoms with Crippen LogP contribution in [0.5, 0.6) is 0 Å². The average Bonchev–Trinajstić information content (AvgIpc) is 3.40. The van der Waals surface area contributed by atoms with Gasteiger partial charge in [-0.15, -0.1) is 0 Å². The molecule has 1 aliphatic rings. The Hall–Kier alpha value is -3.61. The van der Waals surface area contributed by atoms with Gasteiger partial charge < -0.3 is 9.73 Å². The van der Waals surface area contributed by atoms with Crippen LogP contribution in [0, 0.1) is 4.77 Å². The summed E-state index contributed by atoms with van der Waals surface area (Å²) in [5.41, 5.74) is 4.90. The molecule has 32 heavy (non-hydrogen) atoms. The minimum atomic E-state index is -0.266. The molecule has 0 amide bonds. The quantitative estimate of drug-likeness (QED) is 0.283. The predicted molar refractivity (Wildman–Crippen MR) is 129 cm³/mol. The van der Waals surface area contributed by atoms with Crippen molar-refractivity contribution in [3.8, 4) is 33.8 Å². The maximum Gasteiger partial charge on any atom is 0.213 e. The molecule has 0 saturated heterocycles. The molecule has 0 saturated carbocycles. The molecule has 1 atom stereocenters. The van der Waals surface area contributed by atoms with E-state index in [0.29, 0.717) is 15.7 Å². The van der Waals surface area contributed by atoms with Crippen LogP contribution < -0.4 is 5.32 Å². The highest BCUT2D eigenvalue weighted by Crippen LogP contribution is 2.49. The van der Waals surface area contributed by atoms with Crippen LogP contribution in [0.1, 0.15) is 11.7 Å². The van der Waals surface area contributed by atoms with Gasteiger partial charge in [-0.05, 0) is 35.5 Å². The number of rotatable bonds is 3. The summed E-state index contributed by atoms with van der Waals surface area (Å²) in [5, 5.41) is 7.43. The van der Waals surface area contributed by atoms with Gasteiger partial charge >= 0.3 is 0 Å². The van der Waals surface area contributed by atoms with Crippen LogP contribution >= 0.6 is 23.8 Å². The summed E-state index contributed by atoms with van der Waals surface area (Å²) in [4.78, 5) is 4.68. The highest BCUT2D eigenvalue weighted by atomic mass is 35.5. The van der Waals surface area contributed by atoms with Crippen molar-refractivity contribution in [2.75, 3.05) is 5.32 Å². The van der Waals surface area contributed by atoms with Gasteiger partial charge in [0.25, 0.3) is 0 Å². The van der Waals surface area contributed by atoms with Crippen molar-refractivity contribution < 1.29 is 4.42 Å². The molecule has 0 radical (unpaired) electrons. The number of anilines is 1. The Morgan fingerprint density at radius 1 is 0.844 bits per heavy atom. The Labute approximate surface area is 194 Å². The van der Waals surface area contributed by atoms with Crippen molar-refractivity contribution in [2.45, 2.75) is 6.17 Å². The molecule has 156 valence electrons. The first-order chi connectivity index (χ1) is 15.7. The van der Waals surface area contributed by atoms with Crippen LogP contribution in [0.25, 0.3) is 33.8 Å². The van der Waals surface area contributed by atoms with Crippen LogP contribution in [0.4, 0.5) is 5.88 Å². The van der Waals surface area contributed by atoms with Gasteiger partial charge in [0.2, 0.25) is 10.7 Å². The molecule has 7 heteroatoms. The maximum absolute atomic E-state index is 6.48. The molecular weight excluding hydrogens is 440 g/mol. The first kappa shape index (κ1) is 19.1. The summed E-state index contributed by atoms with van der Waals surface area (Å²) in [6, 6.07) is 28.0. The number of nitrogens with zero attached hydrogens (tertiary/aromatic N) is 2. The van der Waals surface area contributed by atoms with Crippen molar-refractivity contribution >= 4 is 29.7 Å². The summed E-state index contributed by atoms with van der Waals surface area (Å²) in [7, 11) is 0. The fraction of sp³-hybridized carbons (Fsp3) is 0.0400. The van der Waals surface area contributed by atoms with E-state index in [-0.39, 0.29) is 6.17 Å². The molecule has 5 nitrogen and oxygen atoms in total. The Kier molecular flexibility index (Phi) is 4.48. The predicted octanol–water partition coefficient (Wildman–Crippen LogP) is 7.16. The summed E-state index contributed by atoms with van der Waals surface area (Å²) in [6.07, 6.45) is -0.266. The lowest BCUT2D eigenvalue weighted by atomic mass is 9.96. The zero-order valence-electron chi connectivity index (χ0n) is 16.7. The van der Waals surface area contributed by atoms with Crippen molar-refractivity contribution in [1.29, 1.82) is 0 Å². The van der Waals surface area contributed by atoms with E-state index in [0.717, 1.165) is 39.4 Å². The second-order valence-corrected chi connectivity index (χ2v) is 8.39. The zero-order valence-corrected chi connectivity index (χ0v) is 18.3. The summed E-state index contributed by atoms with van der Waals surface area (Å²) in [5.74, 6) is 2.17. The van der Waals surface area contributed by atoms with E-state index in [1.807, 2.05) is 77.5 Å². The number of fused-ring (bicyclic) bond motifs is 3. The number of hydrogen-bond donors (Lipinski definition) is 2. The Morgan fingerprint density at radius 2 is 1.50 bits per heavy atom. The van der Waals surface area contributed by atoms with Gasteiger partial charge in [-0.25, -0.2) is 4.68 Å². The molecule has 0 unspecified atom stereocenters. The molecule has 2 N–H and O–H groups in total. The third kappa shape index (κ3) is 3.07. The number of aromatic amines is 1. The Balaban J connectivity index is 1.62. The third-order valence-corrected chi connectivity index (χ3v) is 6.03. The SMILES string of the molecule is S=c1nc2n([nH]1)[C@H](c1ccc(Cl)cc1)Nc1oc(-c3ccccc3)c(-c3ccccc3)c1-2. The number of halogens is 1. The van der Waals surface area contributed by atoms with Gasteiger partial charge in [-0.2, -0.15) is 4.98 Å². The molecule has 5 aromatic rings. The summed E-state index contributed by atoms with van der Waals surface area (Å²) in [6.45, 7) is 0. The van der Waals surface area contributed by atoms with Crippen LogP contribution in [0.3, 0.4) is 0 Å². The molecule has 6 rings (SSSR count). The van der Waals surface area contributed by atoms with Crippen molar-refractivity contribution in [3.05, 3.63) is 100 Å². The van der Waals surface area contributed by atoms with Gasteiger partial charge in [-0.1, -0.05) is 84.4 Å². The highest BCUT2D eigenvalue weighted by molar-refractivity contribution is 7.71. The smallest absolute Gasteiger partial charge is 0.213 e. The largest absolute Gasteiger partial charge is 0.439 e. The van der Waals surface area contributed by atoms with E-state index in [2.05, 4.69) is 27.5 Å². The van der Waals surface area contributed by atoms with Crippen LogP contribution in [-0.4, -0.2) is 14.8 Å². The fourth-order valence-corrected chi connectivity index (χ4v) is 4.49. The number of hydrogen-bond acceptors (Lipinski definition) is 4. The minimum Gasteiger partial charge on any atom is -0.439 e. The third-order valence-electron chi connectivity index (χ3n) is 5.59. The number of benzene rings is 3. The molecule has 3 aromatic carbocycles. The normalized spacial score (nSPS) is 14.5. The maximum atomic E-state index is 6.48. The van der Waals surface area contributed by atoms with Crippen molar-refractivity contribution in [2.24, 2.45) is 0 Å².